The summed E-state index contributed by atoms with van der Waals surface area (Å²) in [5.41, 5.74) is 2.18. The fourth-order valence-corrected chi connectivity index (χ4v) is 5.32. The summed E-state index contributed by atoms with van der Waals surface area (Å²) < 4.78 is 48.6. The SMILES string of the molecule is Cc1cc(OCC2(CC(=O)N(C)Cc3ccccc3)CCCN(Cc3cccc(OC(F)(F)F)c3)C2)ccc1Cl. The van der Waals surface area contributed by atoms with Gasteiger partial charge in [0.1, 0.15) is 11.5 Å². The van der Waals surface area contributed by atoms with Crippen LogP contribution in [0.4, 0.5) is 13.2 Å². The van der Waals surface area contributed by atoms with Gasteiger partial charge in [-0.15, -0.1) is 13.2 Å². The van der Waals surface area contributed by atoms with E-state index in [9.17, 15) is 18.0 Å². The van der Waals surface area contributed by atoms with E-state index < -0.39 is 11.8 Å². The monoisotopic (exact) mass is 574 g/mol. The Hall–Kier alpha value is -3.23. The summed E-state index contributed by atoms with van der Waals surface area (Å²) in [6.45, 7) is 4.50. The largest absolute Gasteiger partial charge is 0.573 e. The number of carbonyl (C=O) groups is 1. The Kier molecular flexibility index (Phi) is 9.64. The third kappa shape index (κ3) is 8.63. The number of hydrogen-bond donors (Lipinski definition) is 0. The highest BCUT2D eigenvalue weighted by Gasteiger charge is 2.39. The van der Waals surface area contributed by atoms with Gasteiger partial charge in [0.15, 0.2) is 0 Å². The molecule has 0 saturated carbocycles. The number of likely N-dealkylation sites (tertiary alicyclic amines) is 1. The Morgan fingerprint density at radius 2 is 1.77 bits per heavy atom. The van der Waals surface area contributed by atoms with Crippen molar-refractivity contribution in [1.29, 1.82) is 0 Å². The zero-order chi connectivity index (χ0) is 28.8. The van der Waals surface area contributed by atoms with Crippen molar-refractivity contribution < 1.29 is 27.4 Å². The second-order valence-corrected chi connectivity index (χ2v) is 11.0. The predicted octanol–water partition coefficient (Wildman–Crippen LogP) is 7.26. The van der Waals surface area contributed by atoms with Crippen LogP contribution in [0.25, 0.3) is 0 Å². The van der Waals surface area contributed by atoms with E-state index in [2.05, 4.69) is 9.64 Å². The average molecular weight is 575 g/mol. The minimum atomic E-state index is -4.75. The van der Waals surface area contributed by atoms with Gasteiger partial charge in [-0.3, -0.25) is 9.69 Å². The number of ether oxygens (including phenoxy) is 2. The Balaban J connectivity index is 1.50. The lowest BCUT2D eigenvalue weighted by Gasteiger charge is -2.43. The number of alkyl halides is 3. The molecule has 0 bridgehead atoms. The molecule has 1 saturated heterocycles. The molecule has 1 fully saturated rings. The molecule has 3 aromatic carbocycles. The number of hydrogen-bond acceptors (Lipinski definition) is 4. The molecular formula is C31H34ClF3N2O3. The van der Waals surface area contributed by atoms with E-state index in [1.807, 2.05) is 49.4 Å². The van der Waals surface area contributed by atoms with Crippen molar-refractivity contribution in [1.82, 2.24) is 9.80 Å². The van der Waals surface area contributed by atoms with Crippen LogP contribution in [0.3, 0.4) is 0 Å². The first-order valence-electron chi connectivity index (χ1n) is 13.2. The molecule has 40 heavy (non-hydrogen) atoms. The van der Waals surface area contributed by atoms with Crippen LogP contribution in [-0.4, -0.2) is 48.8 Å². The summed E-state index contributed by atoms with van der Waals surface area (Å²) in [5, 5.41) is 0.653. The first-order chi connectivity index (χ1) is 19.0. The van der Waals surface area contributed by atoms with Crippen LogP contribution >= 0.6 is 11.6 Å². The first-order valence-corrected chi connectivity index (χ1v) is 13.6. The summed E-state index contributed by atoms with van der Waals surface area (Å²) in [6.07, 6.45) is -2.84. The molecule has 0 N–H and O–H groups in total. The summed E-state index contributed by atoms with van der Waals surface area (Å²) in [7, 11) is 1.80. The Morgan fingerprint density at radius 3 is 2.50 bits per heavy atom. The molecule has 5 nitrogen and oxygen atoms in total. The molecule has 0 aliphatic carbocycles. The number of halogens is 4. The maximum Gasteiger partial charge on any atom is 0.573 e. The van der Waals surface area contributed by atoms with Gasteiger partial charge >= 0.3 is 6.36 Å². The second-order valence-electron chi connectivity index (χ2n) is 10.6. The van der Waals surface area contributed by atoms with E-state index in [0.717, 1.165) is 30.5 Å². The van der Waals surface area contributed by atoms with E-state index in [4.69, 9.17) is 16.3 Å². The Morgan fingerprint density at radius 1 is 1.02 bits per heavy atom. The molecule has 1 aliphatic rings. The van der Waals surface area contributed by atoms with Gasteiger partial charge < -0.3 is 14.4 Å². The highest BCUT2D eigenvalue weighted by atomic mass is 35.5. The molecule has 1 aliphatic heterocycles. The van der Waals surface area contributed by atoms with Gasteiger partial charge in [-0.25, -0.2) is 0 Å². The molecule has 1 amide bonds. The van der Waals surface area contributed by atoms with Crippen molar-refractivity contribution in [3.8, 4) is 11.5 Å². The lowest BCUT2D eigenvalue weighted by Crippen LogP contribution is -2.48. The van der Waals surface area contributed by atoms with Crippen LogP contribution in [0.5, 0.6) is 11.5 Å². The van der Waals surface area contributed by atoms with E-state index in [1.54, 1.807) is 30.1 Å². The van der Waals surface area contributed by atoms with Gasteiger partial charge in [-0.05, 0) is 73.3 Å². The summed E-state index contributed by atoms with van der Waals surface area (Å²) in [4.78, 5) is 17.4. The Bertz CT molecular complexity index is 1290. The number of carbonyl (C=O) groups excluding carboxylic acids is 1. The minimum absolute atomic E-state index is 0.0159. The highest BCUT2D eigenvalue weighted by Crippen LogP contribution is 2.36. The number of benzene rings is 3. The van der Waals surface area contributed by atoms with Gasteiger partial charge in [-0.2, -0.15) is 0 Å². The van der Waals surface area contributed by atoms with Crippen LogP contribution in [0, 0.1) is 12.3 Å². The lowest BCUT2D eigenvalue weighted by atomic mass is 9.77. The number of nitrogens with zero attached hydrogens (tertiary/aromatic N) is 2. The normalized spacial score (nSPS) is 17.9. The van der Waals surface area contributed by atoms with Crippen LogP contribution < -0.4 is 9.47 Å². The van der Waals surface area contributed by atoms with E-state index >= 15 is 0 Å². The fourth-order valence-electron chi connectivity index (χ4n) is 5.20. The van der Waals surface area contributed by atoms with Crippen molar-refractivity contribution in [2.45, 2.75) is 45.6 Å². The third-order valence-electron chi connectivity index (χ3n) is 7.17. The van der Waals surface area contributed by atoms with Crippen molar-refractivity contribution in [3.05, 3.63) is 94.5 Å². The van der Waals surface area contributed by atoms with Crippen molar-refractivity contribution in [3.63, 3.8) is 0 Å². The van der Waals surface area contributed by atoms with Crippen LogP contribution in [0.1, 0.15) is 36.0 Å². The predicted molar refractivity (Wildman–Crippen MR) is 149 cm³/mol. The zero-order valence-corrected chi connectivity index (χ0v) is 23.5. The zero-order valence-electron chi connectivity index (χ0n) is 22.7. The van der Waals surface area contributed by atoms with E-state index in [1.165, 1.54) is 12.1 Å². The van der Waals surface area contributed by atoms with Gasteiger partial charge in [0.25, 0.3) is 0 Å². The quantitative estimate of drug-likeness (QED) is 0.256. The fraction of sp³-hybridized carbons (Fsp3) is 0.387. The van der Waals surface area contributed by atoms with Gasteiger partial charge in [0, 0.05) is 43.5 Å². The highest BCUT2D eigenvalue weighted by molar-refractivity contribution is 6.31. The molecule has 4 rings (SSSR count). The van der Waals surface area contributed by atoms with Crippen LogP contribution in [-0.2, 0) is 17.9 Å². The van der Waals surface area contributed by atoms with Gasteiger partial charge in [0.05, 0.1) is 6.61 Å². The van der Waals surface area contributed by atoms with Crippen LogP contribution in [0.15, 0.2) is 72.8 Å². The summed E-state index contributed by atoms with van der Waals surface area (Å²) in [5.74, 6) is 0.454. The van der Waals surface area contributed by atoms with Crippen LogP contribution in [0.2, 0.25) is 5.02 Å². The molecule has 0 radical (unpaired) electrons. The number of aryl methyl sites for hydroxylation is 1. The summed E-state index contributed by atoms with van der Waals surface area (Å²) >= 11 is 6.19. The smallest absolute Gasteiger partial charge is 0.493 e. The van der Waals surface area contributed by atoms with Gasteiger partial charge in [-0.1, -0.05) is 54.1 Å². The molecule has 1 unspecified atom stereocenters. The molecule has 1 heterocycles. The molecule has 3 aromatic rings. The lowest BCUT2D eigenvalue weighted by molar-refractivity contribution is -0.274. The number of rotatable bonds is 10. The third-order valence-corrected chi connectivity index (χ3v) is 7.59. The molecular weight excluding hydrogens is 541 g/mol. The molecule has 1 atom stereocenters. The van der Waals surface area contributed by atoms with Crippen molar-refractivity contribution in [2.75, 3.05) is 26.7 Å². The molecule has 9 heteroatoms. The Labute approximate surface area is 238 Å². The summed E-state index contributed by atoms with van der Waals surface area (Å²) in [6, 6.07) is 21.4. The number of piperidine rings is 1. The molecule has 0 aromatic heterocycles. The van der Waals surface area contributed by atoms with E-state index in [0.29, 0.717) is 42.6 Å². The number of amides is 1. The minimum Gasteiger partial charge on any atom is -0.493 e. The topological polar surface area (TPSA) is 42.0 Å². The molecule has 0 spiro atoms. The average Bonchev–Trinajstić information content (AvgIpc) is 2.89. The van der Waals surface area contributed by atoms with Gasteiger partial charge in [0.2, 0.25) is 5.91 Å². The second kappa shape index (κ2) is 13.0. The van der Waals surface area contributed by atoms with Crippen molar-refractivity contribution in [2.24, 2.45) is 5.41 Å². The molecule has 214 valence electrons. The maximum absolute atomic E-state index is 13.5. The first kappa shape index (κ1) is 29.7. The van der Waals surface area contributed by atoms with Crippen molar-refractivity contribution >= 4 is 17.5 Å². The standard InChI is InChI=1S/C31H34ClF3N2O3/c1-23-16-26(12-13-28(23)32)39-22-30(18-29(38)36(2)19-24-8-4-3-5-9-24)14-7-15-37(21-30)20-25-10-6-11-27(17-25)40-31(33,34)35/h3-6,8-13,16-17H,7,14-15,18-22H2,1-2H3. The van der Waals surface area contributed by atoms with E-state index in [-0.39, 0.29) is 18.1 Å². The maximum atomic E-state index is 13.5.